The molecule has 53 valence electrons. The topological polar surface area (TPSA) is 20.2 Å². The van der Waals surface area contributed by atoms with Crippen molar-refractivity contribution in [2.24, 2.45) is 0 Å². The smallest absolute Gasteiger partial charge is 0.0802 e. The summed E-state index contributed by atoms with van der Waals surface area (Å²) in [5.41, 5.74) is 1.27. The molecule has 1 N–H and O–H groups in total. The molecule has 1 nitrogen and oxygen atoms in total. The number of aryl methyl sites for hydroxylation is 1. The number of benzene rings is 1. The van der Waals surface area contributed by atoms with Crippen molar-refractivity contribution in [3.8, 4) is 0 Å². The van der Waals surface area contributed by atoms with Crippen LogP contribution >= 0.6 is 0 Å². The first-order chi connectivity index (χ1) is 4.93. The molecule has 0 aliphatic carbocycles. The Balaban J connectivity index is 2.43. The third-order valence-electron chi connectivity index (χ3n) is 1.40. The van der Waals surface area contributed by atoms with Gasteiger partial charge >= 0.3 is 0 Å². The van der Waals surface area contributed by atoms with Gasteiger partial charge in [-0.25, -0.2) is 0 Å². The summed E-state index contributed by atoms with van der Waals surface area (Å²) < 4.78 is 0. The summed E-state index contributed by atoms with van der Waals surface area (Å²) in [6.07, 6.45) is 1.67. The molecule has 0 saturated carbocycles. The van der Waals surface area contributed by atoms with E-state index in [0.717, 1.165) is 12.8 Å². The van der Waals surface area contributed by atoms with Gasteiger partial charge in [0.1, 0.15) is 0 Å². The van der Waals surface area contributed by atoms with E-state index >= 15 is 0 Å². The minimum Gasteiger partial charge on any atom is -0.390 e. The van der Waals surface area contributed by atoms with Gasteiger partial charge in [-0.1, -0.05) is 30.3 Å². The molecule has 0 atom stereocenters. The zero-order chi connectivity index (χ0) is 7.23. The number of hydrogen-bond donors (Lipinski definition) is 1. The van der Waals surface area contributed by atoms with Gasteiger partial charge in [-0.2, -0.15) is 0 Å². The molecule has 1 aromatic carbocycles. The minimum absolute atomic E-state index is 0.740. The van der Waals surface area contributed by atoms with Crippen LogP contribution in [0.5, 0.6) is 0 Å². The number of hydrogen-bond acceptors (Lipinski definition) is 1. The summed E-state index contributed by atoms with van der Waals surface area (Å²) >= 11 is 0. The molecule has 1 heteroatoms. The summed E-state index contributed by atoms with van der Waals surface area (Å²) in [6.45, 7) is 1.20. The first-order valence-electron chi connectivity index (χ1n) is 3.43. The van der Waals surface area contributed by atoms with Crippen LogP contribution in [-0.4, -0.2) is 5.11 Å². The molecule has 1 radical (unpaired) electrons. The molecular formula is C9H11O. The third kappa shape index (κ3) is 2.19. The molecule has 0 heterocycles. The molecule has 1 aromatic rings. The maximum absolute atomic E-state index is 8.40. The quantitative estimate of drug-likeness (QED) is 0.673. The second-order valence-corrected chi connectivity index (χ2v) is 2.21. The van der Waals surface area contributed by atoms with Crippen molar-refractivity contribution in [1.82, 2.24) is 0 Å². The van der Waals surface area contributed by atoms with E-state index in [9.17, 15) is 0 Å². The number of aliphatic hydroxyl groups is 1. The van der Waals surface area contributed by atoms with Gasteiger partial charge in [-0.15, -0.1) is 0 Å². The van der Waals surface area contributed by atoms with Gasteiger partial charge in [0.05, 0.1) is 6.61 Å². The fourth-order valence-electron chi connectivity index (χ4n) is 0.876. The highest BCUT2D eigenvalue weighted by Crippen LogP contribution is 2.02. The largest absolute Gasteiger partial charge is 0.390 e. The van der Waals surface area contributed by atoms with Gasteiger partial charge in [-0.3, -0.25) is 0 Å². The second kappa shape index (κ2) is 4.07. The van der Waals surface area contributed by atoms with Crippen LogP contribution < -0.4 is 0 Å². The molecule has 0 aliphatic rings. The zero-order valence-corrected chi connectivity index (χ0v) is 5.83. The van der Waals surface area contributed by atoms with E-state index in [1.54, 1.807) is 0 Å². The van der Waals surface area contributed by atoms with Crippen molar-refractivity contribution >= 4 is 0 Å². The fourth-order valence-corrected chi connectivity index (χ4v) is 0.876. The maximum Gasteiger partial charge on any atom is 0.0802 e. The summed E-state index contributed by atoms with van der Waals surface area (Å²) in [5, 5.41) is 8.40. The molecule has 0 spiro atoms. The molecule has 0 aromatic heterocycles. The van der Waals surface area contributed by atoms with Crippen molar-refractivity contribution in [1.29, 1.82) is 0 Å². The standard InChI is InChI=1S/C9H11O/c10-8-4-7-9-5-2-1-3-6-9/h1-3,5-6,8,10H,4,7H2. The fraction of sp³-hybridized carbons (Fsp3) is 0.222. The van der Waals surface area contributed by atoms with E-state index in [0.29, 0.717) is 0 Å². The van der Waals surface area contributed by atoms with Gasteiger partial charge in [-0.05, 0) is 18.4 Å². The zero-order valence-electron chi connectivity index (χ0n) is 5.83. The van der Waals surface area contributed by atoms with Crippen LogP contribution in [0.1, 0.15) is 12.0 Å². The highest BCUT2D eigenvalue weighted by atomic mass is 16.2. The summed E-state index contributed by atoms with van der Waals surface area (Å²) in [7, 11) is 0. The summed E-state index contributed by atoms with van der Waals surface area (Å²) in [4.78, 5) is 0. The Bertz CT molecular complexity index is 169. The molecule has 0 amide bonds. The molecule has 0 unspecified atom stereocenters. The van der Waals surface area contributed by atoms with Gasteiger partial charge in [0.15, 0.2) is 0 Å². The molecule has 0 fully saturated rings. The molecule has 0 bridgehead atoms. The first-order valence-corrected chi connectivity index (χ1v) is 3.43. The molecule has 10 heavy (non-hydrogen) atoms. The molecule has 1 rings (SSSR count). The van der Waals surface area contributed by atoms with Crippen LogP contribution in [0.25, 0.3) is 0 Å². The Kier molecular flexibility index (Phi) is 2.97. The second-order valence-electron chi connectivity index (χ2n) is 2.21. The Hall–Kier alpha value is -0.820. The van der Waals surface area contributed by atoms with Crippen molar-refractivity contribution in [2.45, 2.75) is 12.8 Å². The number of aliphatic hydroxyl groups excluding tert-OH is 1. The van der Waals surface area contributed by atoms with Gasteiger partial charge < -0.3 is 5.11 Å². The minimum atomic E-state index is 0.740. The Morgan fingerprint density at radius 1 is 1.20 bits per heavy atom. The lowest BCUT2D eigenvalue weighted by Gasteiger charge is -1.95. The lowest BCUT2D eigenvalue weighted by Crippen LogP contribution is -1.83. The van der Waals surface area contributed by atoms with Crippen LogP contribution in [0.2, 0.25) is 0 Å². The van der Waals surface area contributed by atoms with E-state index in [2.05, 4.69) is 12.1 Å². The van der Waals surface area contributed by atoms with E-state index in [4.69, 9.17) is 5.11 Å². The summed E-state index contributed by atoms with van der Waals surface area (Å²) in [6, 6.07) is 10.1. The Morgan fingerprint density at radius 2 is 1.90 bits per heavy atom. The molecule has 0 saturated heterocycles. The molecule has 0 aliphatic heterocycles. The van der Waals surface area contributed by atoms with E-state index in [-0.39, 0.29) is 0 Å². The van der Waals surface area contributed by atoms with Crippen molar-refractivity contribution in [3.05, 3.63) is 42.5 Å². The van der Waals surface area contributed by atoms with Crippen molar-refractivity contribution in [3.63, 3.8) is 0 Å². The summed E-state index contributed by atoms with van der Waals surface area (Å²) in [5.74, 6) is 0. The highest BCUT2D eigenvalue weighted by molar-refractivity contribution is 5.14. The monoisotopic (exact) mass is 135 g/mol. The van der Waals surface area contributed by atoms with Crippen molar-refractivity contribution < 1.29 is 5.11 Å². The van der Waals surface area contributed by atoms with E-state index < -0.39 is 0 Å². The van der Waals surface area contributed by atoms with E-state index in [1.807, 2.05) is 18.2 Å². The van der Waals surface area contributed by atoms with Crippen LogP contribution in [0, 0.1) is 6.61 Å². The van der Waals surface area contributed by atoms with Gasteiger partial charge in [0.2, 0.25) is 0 Å². The maximum atomic E-state index is 8.40. The van der Waals surface area contributed by atoms with Crippen LogP contribution in [0.15, 0.2) is 30.3 Å². The van der Waals surface area contributed by atoms with Crippen LogP contribution in [0.3, 0.4) is 0 Å². The van der Waals surface area contributed by atoms with Gasteiger partial charge in [0.25, 0.3) is 0 Å². The first kappa shape index (κ1) is 7.29. The predicted molar refractivity (Wildman–Crippen MR) is 41.0 cm³/mol. The average Bonchev–Trinajstić information content (AvgIpc) is 2.03. The van der Waals surface area contributed by atoms with Crippen LogP contribution in [0.4, 0.5) is 0 Å². The average molecular weight is 135 g/mol. The number of rotatable bonds is 3. The SMILES string of the molecule is O[CH]CCc1ccccc1. The lowest BCUT2D eigenvalue weighted by atomic mass is 10.1. The third-order valence-corrected chi connectivity index (χ3v) is 1.40. The van der Waals surface area contributed by atoms with E-state index in [1.165, 1.54) is 12.2 Å². The normalized spacial score (nSPS) is 9.70. The Labute approximate surface area is 61.3 Å². The Morgan fingerprint density at radius 3 is 2.50 bits per heavy atom. The van der Waals surface area contributed by atoms with Crippen molar-refractivity contribution in [2.75, 3.05) is 0 Å². The molecular weight excluding hydrogens is 124 g/mol. The van der Waals surface area contributed by atoms with Crippen LogP contribution in [-0.2, 0) is 6.42 Å². The van der Waals surface area contributed by atoms with Gasteiger partial charge in [0, 0.05) is 0 Å². The lowest BCUT2D eigenvalue weighted by molar-refractivity contribution is 0.375. The predicted octanol–water partition coefficient (Wildman–Crippen LogP) is 2.15. The highest BCUT2D eigenvalue weighted by Gasteiger charge is 1.88.